The van der Waals surface area contributed by atoms with Gasteiger partial charge in [0.05, 0.1) is 6.54 Å². The van der Waals surface area contributed by atoms with Crippen LogP contribution in [-0.4, -0.2) is 35.8 Å². The van der Waals surface area contributed by atoms with E-state index in [0.29, 0.717) is 6.54 Å². The van der Waals surface area contributed by atoms with Gasteiger partial charge in [-0.05, 0) is 38.9 Å². The Morgan fingerprint density at radius 1 is 1.33 bits per heavy atom. The fourth-order valence-electron chi connectivity index (χ4n) is 2.42. The molecule has 0 spiro atoms. The summed E-state index contributed by atoms with van der Waals surface area (Å²) in [4.78, 5) is 16.5. The maximum Gasteiger partial charge on any atom is 0.143 e. The molecular formula is C15H20N2O. The number of Topliss-reactive ketones (excluding diaryl/α,β-unsaturated/α-hetero) is 1. The lowest BCUT2D eigenvalue weighted by atomic mass is 10.1. The summed E-state index contributed by atoms with van der Waals surface area (Å²) in [6.07, 6.45) is 0.972. The van der Waals surface area contributed by atoms with Gasteiger partial charge in [-0.25, -0.2) is 0 Å². The van der Waals surface area contributed by atoms with Gasteiger partial charge in [0.1, 0.15) is 5.78 Å². The van der Waals surface area contributed by atoms with E-state index >= 15 is 0 Å². The van der Waals surface area contributed by atoms with Crippen LogP contribution >= 0.6 is 0 Å². The van der Waals surface area contributed by atoms with E-state index in [2.05, 4.69) is 35.0 Å². The number of benzene rings is 1. The molecule has 1 aromatic heterocycles. The highest BCUT2D eigenvalue weighted by Gasteiger charge is 2.09. The fraction of sp³-hybridized carbons (Fsp3) is 0.400. The number of carbonyl (C=O) groups is 1. The average molecular weight is 244 g/mol. The van der Waals surface area contributed by atoms with E-state index in [9.17, 15) is 4.79 Å². The maximum atomic E-state index is 11.0. The van der Waals surface area contributed by atoms with Crippen LogP contribution < -0.4 is 0 Å². The standard InChI is InChI=1S/C15H20N2O/c1-11(18)10-17(3)9-8-13-12(2)16-15-7-5-4-6-14(13)15/h4-7,16H,8-10H2,1-3H3. The van der Waals surface area contributed by atoms with Crippen LogP contribution in [0.25, 0.3) is 10.9 Å². The normalized spacial score (nSPS) is 11.3. The molecule has 1 heterocycles. The maximum absolute atomic E-state index is 11.0. The van der Waals surface area contributed by atoms with Crippen LogP contribution in [0.5, 0.6) is 0 Å². The predicted molar refractivity (Wildman–Crippen MR) is 74.9 cm³/mol. The second-order valence-corrected chi connectivity index (χ2v) is 4.96. The molecule has 96 valence electrons. The van der Waals surface area contributed by atoms with E-state index in [1.165, 1.54) is 22.2 Å². The molecule has 0 bridgehead atoms. The molecule has 0 unspecified atom stereocenters. The number of hydrogen-bond acceptors (Lipinski definition) is 2. The molecule has 2 aromatic rings. The fourth-order valence-corrected chi connectivity index (χ4v) is 2.42. The summed E-state index contributed by atoms with van der Waals surface area (Å²) in [5.74, 6) is 0.216. The zero-order valence-corrected chi connectivity index (χ0v) is 11.3. The number of aromatic nitrogens is 1. The molecule has 0 amide bonds. The number of para-hydroxylation sites is 1. The first kappa shape index (κ1) is 12.8. The number of aryl methyl sites for hydroxylation is 1. The molecule has 0 fully saturated rings. The lowest BCUT2D eigenvalue weighted by Crippen LogP contribution is -2.26. The summed E-state index contributed by atoms with van der Waals surface area (Å²) in [7, 11) is 1.99. The molecule has 0 saturated heterocycles. The first-order valence-corrected chi connectivity index (χ1v) is 6.32. The first-order valence-electron chi connectivity index (χ1n) is 6.32. The topological polar surface area (TPSA) is 36.1 Å². The minimum Gasteiger partial charge on any atom is -0.358 e. The van der Waals surface area contributed by atoms with Crippen molar-refractivity contribution >= 4 is 16.7 Å². The number of rotatable bonds is 5. The van der Waals surface area contributed by atoms with E-state index in [-0.39, 0.29) is 5.78 Å². The van der Waals surface area contributed by atoms with Gasteiger partial charge < -0.3 is 4.98 Å². The minimum atomic E-state index is 0.216. The van der Waals surface area contributed by atoms with Crippen molar-refractivity contribution in [1.82, 2.24) is 9.88 Å². The lowest BCUT2D eigenvalue weighted by molar-refractivity contribution is -0.117. The Kier molecular flexibility index (Phi) is 3.82. The van der Waals surface area contributed by atoms with E-state index in [4.69, 9.17) is 0 Å². The molecule has 1 N–H and O–H groups in total. The molecular weight excluding hydrogens is 224 g/mol. The highest BCUT2D eigenvalue weighted by atomic mass is 16.1. The van der Waals surface area contributed by atoms with Gasteiger partial charge >= 0.3 is 0 Å². The SMILES string of the molecule is CC(=O)CN(C)CCc1c(C)[nH]c2ccccc12. The number of aromatic amines is 1. The number of hydrogen-bond donors (Lipinski definition) is 1. The minimum absolute atomic E-state index is 0.216. The van der Waals surface area contributed by atoms with Gasteiger partial charge in [-0.2, -0.15) is 0 Å². The molecule has 2 rings (SSSR count). The number of carbonyl (C=O) groups excluding carboxylic acids is 1. The van der Waals surface area contributed by atoms with E-state index in [1.54, 1.807) is 6.92 Å². The van der Waals surface area contributed by atoms with Crippen LogP contribution in [0.2, 0.25) is 0 Å². The molecule has 1 aromatic carbocycles. The second-order valence-electron chi connectivity index (χ2n) is 4.96. The van der Waals surface area contributed by atoms with Crippen LogP contribution in [0.3, 0.4) is 0 Å². The largest absolute Gasteiger partial charge is 0.358 e. The predicted octanol–water partition coefficient (Wildman–Crippen LogP) is 2.54. The zero-order valence-electron chi connectivity index (χ0n) is 11.3. The molecule has 0 radical (unpaired) electrons. The van der Waals surface area contributed by atoms with E-state index in [1.807, 2.05) is 13.1 Å². The Morgan fingerprint density at radius 3 is 2.78 bits per heavy atom. The third-order valence-electron chi connectivity index (χ3n) is 3.26. The van der Waals surface area contributed by atoms with Crippen molar-refractivity contribution in [2.75, 3.05) is 20.1 Å². The Hall–Kier alpha value is -1.61. The quantitative estimate of drug-likeness (QED) is 0.877. The number of likely N-dealkylation sites (N-methyl/N-ethyl adjacent to an activating group) is 1. The third-order valence-corrected chi connectivity index (χ3v) is 3.26. The Morgan fingerprint density at radius 2 is 2.06 bits per heavy atom. The molecule has 18 heavy (non-hydrogen) atoms. The highest BCUT2D eigenvalue weighted by Crippen LogP contribution is 2.22. The summed E-state index contributed by atoms with van der Waals surface area (Å²) in [5.41, 5.74) is 3.78. The van der Waals surface area contributed by atoms with Crippen molar-refractivity contribution in [2.24, 2.45) is 0 Å². The van der Waals surface area contributed by atoms with Gasteiger partial charge in [-0.1, -0.05) is 18.2 Å². The van der Waals surface area contributed by atoms with Gasteiger partial charge in [-0.15, -0.1) is 0 Å². The number of nitrogens with zero attached hydrogens (tertiary/aromatic N) is 1. The summed E-state index contributed by atoms with van der Waals surface area (Å²) in [6, 6.07) is 8.37. The number of H-pyrrole nitrogens is 1. The van der Waals surface area contributed by atoms with Gasteiger partial charge in [-0.3, -0.25) is 9.69 Å². The molecule has 0 aliphatic heterocycles. The van der Waals surface area contributed by atoms with Gasteiger partial charge in [0, 0.05) is 23.1 Å². The molecule has 0 aliphatic rings. The van der Waals surface area contributed by atoms with Gasteiger partial charge in [0.2, 0.25) is 0 Å². The molecule has 0 aliphatic carbocycles. The second kappa shape index (κ2) is 5.36. The van der Waals surface area contributed by atoms with E-state index in [0.717, 1.165) is 13.0 Å². The van der Waals surface area contributed by atoms with Crippen LogP contribution in [0.4, 0.5) is 0 Å². The van der Waals surface area contributed by atoms with Gasteiger partial charge in [0.25, 0.3) is 0 Å². The monoisotopic (exact) mass is 244 g/mol. The van der Waals surface area contributed by atoms with E-state index < -0.39 is 0 Å². The molecule has 0 saturated carbocycles. The van der Waals surface area contributed by atoms with Crippen LogP contribution in [0.15, 0.2) is 24.3 Å². The lowest BCUT2D eigenvalue weighted by Gasteiger charge is -2.14. The summed E-state index contributed by atoms with van der Waals surface area (Å²) in [5, 5.41) is 1.30. The number of nitrogens with one attached hydrogen (secondary N) is 1. The Balaban J connectivity index is 2.12. The zero-order chi connectivity index (χ0) is 13.1. The van der Waals surface area contributed by atoms with Crippen molar-refractivity contribution in [3.63, 3.8) is 0 Å². The van der Waals surface area contributed by atoms with Crippen molar-refractivity contribution in [2.45, 2.75) is 20.3 Å². The average Bonchev–Trinajstić information content (AvgIpc) is 2.61. The summed E-state index contributed by atoms with van der Waals surface area (Å²) in [6.45, 7) is 5.18. The van der Waals surface area contributed by atoms with Crippen LogP contribution in [0.1, 0.15) is 18.2 Å². The van der Waals surface area contributed by atoms with Crippen molar-refractivity contribution < 1.29 is 4.79 Å². The third kappa shape index (κ3) is 2.79. The smallest absolute Gasteiger partial charge is 0.143 e. The number of ketones is 1. The van der Waals surface area contributed by atoms with Gasteiger partial charge in [0.15, 0.2) is 0 Å². The molecule has 3 heteroatoms. The number of fused-ring (bicyclic) bond motifs is 1. The first-order chi connectivity index (χ1) is 8.58. The van der Waals surface area contributed by atoms with Crippen LogP contribution in [0, 0.1) is 6.92 Å². The highest BCUT2D eigenvalue weighted by molar-refractivity contribution is 5.84. The van der Waals surface area contributed by atoms with Crippen molar-refractivity contribution in [3.05, 3.63) is 35.5 Å². The van der Waals surface area contributed by atoms with Crippen molar-refractivity contribution in [3.8, 4) is 0 Å². The van der Waals surface area contributed by atoms with Crippen LogP contribution in [-0.2, 0) is 11.2 Å². The summed E-state index contributed by atoms with van der Waals surface area (Å²) >= 11 is 0. The van der Waals surface area contributed by atoms with Crippen molar-refractivity contribution in [1.29, 1.82) is 0 Å². The molecule has 0 atom stereocenters. The molecule has 3 nitrogen and oxygen atoms in total. The Labute approximate surface area is 108 Å². The Bertz CT molecular complexity index is 557. The summed E-state index contributed by atoms with van der Waals surface area (Å²) < 4.78 is 0.